The van der Waals surface area contributed by atoms with E-state index < -0.39 is 0 Å². The van der Waals surface area contributed by atoms with Crippen LogP contribution >= 0.6 is 0 Å². The third kappa shape index (κ3) is 3.58. The van der Waals surface area contributed by atoms with Crippen LogP contribution in [0.5, 0.6) is 0 Å². The second-order valence-corrected chi connectivity index (χ2v) is 5.13. The molecule has 0 bridgehead atoms. The normalized spacial score (nSPS) is 28.7. The van der Waals surface area contributed by atoms with E-state index in [9.17, 15) is 0 Å². The summed E-state index contributed by atoms with van der Waals surface area (Å²) in [4.78, 5) is 2.55. The average molecular weight is 198 g/mol. The molecule has 0 aromatic carbocycles. The molecule has 1 fully saturated rings. The maximum absolute atomic E-state index is 3.39. The zero-order valence-electron chi connectivity index (χ0n) is 10.2. The molecule has 1 aliphatic carbocycles. The number of nitrogens with one attached hydrogen (secondary N) is 1. The summed E-state index contributed by atoms with van der Waals surface area (Å²) in [6, 6.07) is 1.61. The Morgan fingerprint density at radius 1 is 1.21 bits per heavy atom. The summed E-state index contributed by atoms with van der Waals surface area (Å²) in [5.74, 6) is 0.794. The highest BCUT2D eigenvalue weighted by atomic mass is 15.1. The van der Waals surface area contributed by atoms with Crippen molar-refractivity contribution in [1.82, 2.24) is 10.2 Å². The molecular weight excluding hydrogens is 172 g/mol. The van der Waals surface area contributed by atoms with Crippen LogP contribution in [0.25, 0.3) is 0 Å². The predicted octanol–water partition coefficient (Wildman–Crippen LogP) is 2.10. The van der Waals surface area contributed by atoms with Crippen molar-refractivity contribution in [3.63, 3.8) is 0 Å². The summed E-state index contributed by atoms with van der Waals surface area (Å²) in [5, 5.41) is 3.39. The van der Waals surface area contributed by atoms with E-state index >= 15 is 0 Å². The number of hydrogen-bond acceptors (Lipinski definition) is 2. The van der Waals surface area contributed by atoms with E-state index in [1.807, 2.05) is 0 Å². The van der Waals surface area contributed by atoms with Crippen LogP contribution in [0.15, 0.2) is 0 Å². The van der Waals surface area contributed by atoms with E-state index in [0.717, 1.165) is 18.0 Å². The fraction of sp³-hybridized carbons (Fsp3) is 1.00. The van der Waals surface area contributed by atoms with Crippen LogP contribution in [0.3, 0.4) is 0 Å². The number of nitrogens with zero attached hydrogens (tertiary/aromatic N) is 1. The molecule has 0 spiro atoms. The highest BCUT2D eigenvalue weighted by Crippen LogP contribution is 2.22. The van der Waals surface area contributed by atoms with Crippen molar-refractivity contribution in [2.24, 2.45) is 5.92 Å². The summed E-state index contributed by atoms with van der Waals surface area (Å²) in [6.07, 6.45) is 5.44. The quantitative estimate of drug-likeness (QED) is 0.744. The van der Waals surface area contributed by atoms with Gasteiger partial charge >= 0.3 is 0 Å². The van der Waals surface area contributed by atoms with Crippen LogP contribution in [-0.2, 0) is 0 Å². The molecule has 2 heteroatoms. The first kappa shape index (κ1) is 12.0. The maximum Gasteiger partial charge on any atom is 0.00934 e. The molecule has 0 unspecified atom stereocenters. The van der Waals surface area contributed by atoms with Crippen molar-refractivity contribution in [1.29, 1.82) is 0 Å². The van der Waals surface area contributed by atoms with E-state index in [-0.39, 0.29) is 0 Å². The van der Waals surface area contributed by atoms with Gasteiger partial charge in [0.25, 0.3) is 0 Å². The van der Waals surface area contributed by atoms with Crippen molar-refractivity contribution >= 4 is 0 Å². The van der Waals surface area contributed by atoms with Crippen LogP contribution in [0.1, 0.15) is 39.5 Å². The summed E-state index contributed by atoms with van der Waals surface area (Å²) in [7, 11) is 4.37. The Morgan fingerprint density at radius 2 is 1.79 bits per heavy atom. The highest BCUT2D eigenvalue weighted by molar-refractivity contribution is 4.81. The zero-order chi connectivity index (χ0) is 10.6. The molecule has 1 rings (SSSR count). The van der Waals surface area contributed by atoms with Gasteiger partial charge in [-0.15, -0.1) is 0 Å². The first-order valence-electron chi connectivity index (χ1n) is 6.01. The van der Waals surface area contributed by atoms with Crippen LogP contribution in [0.2, 0.25) is 0 Å². The third-order valence-electron chi connectivity index (χ3n) is 3.38. The monoisotopic (exact) mass is 198 g/mol. The summed E-state index contributed by atoms with van der Waals surface area (Å²) in [5.41, 5.74) is 0. The molecule has 0 radical (unpaired) electrons. The average Bonchev–Trinajstić information content (AvgIpc) is 2.17. The second kappa shape index (κ2) is 5.72. The Balaban J connectivity index is 2.26. The van der Waals surface area contributed by atoms with Crippen LogP contribution in [0.4, 0.5) is 0 Å². The highest BCUT2D eigenvalue weighted by Gasteiger charge is 2.22. The van der Waals surface area contributed by atoms with Gasteiger partial charge in [-0.3, -0.25) is 0 Å². The molecule has 0 heterocycles. The lowest BCUT2D eigenvalue weighted by molar-refractivity contribution is 0.161. The Kier molecular flexibility index (Phi) is 4.90. The molecule has 1 saturated carbocycles. The second-order valence-electron chi connectivity index (χ2n) is 5.13. The Hall–Kier alpha value is -0.0800. The van der Waals surface area contributed by atoms with E-state index in [0.29, 0.717) is 0 Å². The minimum absolute atomic E-state index is 0.777. The SMILES string of the molecule is CN[C@H]1CC[C@H](N(C)CC(C)C)CC1. The molecule has 0 amide bonds. The Morgan fingerprint density at radius 3 is 2.21 bits per heavy atom. The molecule has 0 aromatic rings. The molecule has 1 aliphatic rings. The van der Waals surface area contributed by atoms with Crippen LogP contribution < -0.4 is 5.32 Å². The minimum atomic E-state index is 0.777. The van der Waals surface area contributed by atoms with Crippen molar-refractivity contribution < 1.29 is 0 Å². The molecule has 0 aromatic heterocycles. The summed E-state index contributed by atoms with van der Waals surface area (Å²) < 4.78 is 0. The maximum atomic E-state index is 3.39. The van der Waals surface area contributed by atoms with Gasteiger partial charge in [-0.2, -0.15) is 0 Å². The van der Waals surface area contributed by atoms with Gasteiger partial charge in [0.05, 0.1) is 0 Å². The van der Waals surface area contributed by atoms with E-state index in [1.165, 1.54) is 32.2 Å². The lowest BCUT2D eigenvalue weighted by atomic mass is 9.90. The van der Waals surface area contributed by atoms with Gasteiger partial charge in [-0.1, -0.05) is 13.8 Å². The largest absolute Gasteiger partial charge is 0.317 e. The van der Waals surface area contributed by atoms with Crippen LogP contribution in [-0.4, -0.2) is 37.6 Å². The molecular formula is C12H26N2. The first-order valence-corrected chi connectivity index (χ1v) is 6.01. The van der Waals surface area contributed by atoms with E-state index in [1.54, 1.807) is 0 Å². The van der Waals surface area contributed by atoms with Gasteiger partial charge in [0.2, 0.25) is 0 Å². The fourth-order valence-electron chi connectivity index (χ4n) is 2.53. The smallest absolute Gasteiger partial charge is 0.00934 e. The van der Waals surface area contributed by atoms with Crippen molar-refractivity contribution in [2.75, 3.05) is 20.6 Å². The summed E-state index contributed by atoms with van der Waals surface area (Å²) >= 11 is 0. The van der Waals surface area contributed by atoms with Gasteiger partial charge in [-0.25, -0.2) is 0 Å². The Labute approximate surface area is 89.1 Å². The molecule has 1 N–H and O–H groups in total. The van der Waals surface area contributed by atoms with Gasteiger partial charge in [0.1, 0.15) is 0 Å². The molecule has 2 nitrogen and oxygen atoms in total. The van der Waals surface area contributed by atoms with Crippen molar-refractivity contribution in [3.8, 4) is 0 Å². The molecule has 0 atom stereocenters. The van der Waals surface area contributed by atoms with Gasteiger partial charge in [0.15, 0.2) is 0 Å². The van der Waals surface area contributed by atoms with Gasteiger partial charge in [-0.05, 0) is 45.7 Å². The van der Waals surface area contributed by atoms with Gasteiger partial charge < -0.3 is 10.2 Å². The lowest BCUT2D eigenvalue weighted by Gasteiger charge is -2.35. The van der Waals surface area contributed by atoms with Crippen molar-refractivity contribution in [3.05, 3.63) is 0 Å². The number of rotatable bonds is 4. The zero-order valence-corrected chi connectivity index (χ0v) is 10.2. The molecule has 14 heavy (non-hydrogen) atoms. The van der Waals surface area contributed by atoms with Crippen molar-refractivity contribution in [2.45, 2.75) is 51.6 Å². The van der Waals surface area contributed by atoms with Gasteiger partial charge in [0, 0.05) is 18.6 Å². The summed E-state index contributed by atoms with van der Waals surface area (Å²) in [6.45, 7) is 5.85. The van der Waals surface area contributed by atoms with Crippen LogP contribution in [0, 0.1) is 5.92 Å². The molecule has 0 saturated heterocycles. The van der Waals surface area contributed by atoms with E-state index in [2.05, 4.69) is 38.2 Å². The topological polar surface area (TPSA) is 15.3 Å². The minimum Gasteiger partial charge on any atom is -0.317 e. The molecule has 0 aliphatic heterocycles. The molecule has 84 valence electrons. The fourth-order valence-corrected chi connectivity index (χ4v) is 2.53. The van der Waals surface area contributed by atoms with E-state index in [4.69, 9.17) is 0 Å². The standard InChI is InChI=1S/C12H26N2/c1-10(2)9-14(4)12-7-5-11(13-3)6-8-12/h10-13H,5-9H2,1-4H3/t11-,12-. The number of hydrogen-bond donors (Lipinski definition) is 1. The predicted molar refractivity (Wildman–Crippen MR) is 62.6 cm³/mol. The Bertz CT molecular complexity index is 148. The first-order chi connectivity index (χ1) is 6.63. The third-order valence-corrected chi connectivity index (χ3v) is 3.38. The lowest BCUT2D eigenvalue weighted by Crippen LogP contribution is -2.41.